The molecule has 1 aliphatic carbocycles. The predicted molar refractivity (Wildman–Crippen MR) is 96.9 cm³/mol. The zero-order chi connectivity index (χ0) is 17.2. The van der Waals surface area contributed by atoms with Crippen LogP contribution < -0.4 is 4.72 Å². The molecule has 1 aliphatic rings. The van der Waals surface area contributed by atoms with Crippen molar-refractivity contribution in [3.8, 4) is 0 Å². The zero-order valence-corrected chi connectivity index (χ0v) is 15.3. The number of pyridine rings is 1. The van der Waals surface area contributed by atoms with Crippen molar-refractivity contribution in [2.75, 3.05) is 6.54 Å². The number of aromatic nitrogens is 1. The van der Waals surface area contributed by atoms with Crippen LogP contribution in [0.25, 0.3) is 0 Å². The molecule has 3 rings (SSSR count). The Bertz CT molecular complexity index is 801. The summed E-state index contributed by atoms with van der Waals surface area (Å²) in [6.45, 7) is 0.362. The van der Waals surface area contributed by atoms with Crippen molar-refractivity contribution >= 4 is 33.2 Å². The Hall–Kier alpha value is -1.14. The number of hydrogen-bond donors (Lipinski definition) is 1. The lowest BCUT2D eigenvalue weighted by Gasteiger charge is -2.41. The second-order valence-electron chi connectivity index (χ2n) is 6.21. The topological polar surface area (TPSA) is 59.1 Å². The van der Waals surface area contributed by atoms with Crippen LogP contribution in [0.5, 0.6) is 0 Å². The van der Waals surface area contributed by atoms with Crippen LogP contribution in [-0.4, -0.2) is 19.9 Å². The van der Waals surface area contributed by atoms with Crippen LogP contribution in [0.15, 0.2) is 42.6 Å². The standard InChI is InChI=1S/C17H18Cl2N2O2S/c18-14-8-13(9-15(19)10-14)11-24(22,23)21-12-17(5-3-6-17)16-4-1-2-7-20-16/h1-2,4,7-10,21H,3,5-6,11-12H2. The molecule has 4 nitrogen and oxygen atoms in total. The van der Waals surface area contributed by atoms with Crippen LogP contribution in [0.1, 0.15) is 30.5 Å². The van der Waals surface area contributed by atoms with Crippen LogP contribution in [0.3, 0.4) is 0 Å². The van der Waals surface area contributed by atoms with Gasteiger partial charge in [0, 0.05) is 33.9 Å². The number of hydrogen-bond acceptors (Lipinski definition) is 3. The molecule has 1 heterocycles. The summed E-state index contributed by atoms with van der Waals surface area (Å²) in [5.74, 6) is -0.147. The summed E-state index contributed by atoms with van der Waals surface area (Å²) in [5.41, 5.74) is 1.32. The third-order valence-electron chi connectivity index (χ3n) is 4.43. The van der Waals surface area contributed by atoms with Gasteiger partial charge in [-0.25, -0.2) is 13.1 Å². The Labute approximate surface area is 152 Å². The lowest BCUT2D eigenvalue weighted by atomic mass is 9.66. The minimum Gasteiger partial charge on any atom is -0.261 e. The Balaban J connectivity index is 1.70. The average molecular weight is 385 g/mol. The van der Waals surface area contributed by atoms with Gasteiger partial charge in [0.05, 0.1) is 5.75 Å². The first-order valence-electron chi connectivity index (χ1n) is 7.72. The Morgan fingerprint density at radius 1 is 1.12 bits per heavy atom. The van der Waals surface area contributed by atoms with Crippen LogP contribution >= 0.6 is 23.2 Å². The van der Waals surface area contributed by atoms with Crippen LogP contribution in [0, 0.1) is 0 Å². The van der Waals surface area contributed by atoms with Crippen molar-refractivity contribution < 1.29 is 8.42 Å². The summed E-state index contributed by atoms with van der Waals surface area (Å²) in [5, 5.41) is 0.855. The molecule has 1 N–H and O–H groups in total. The fraction of sp³-hybridized carbons (Fsp3) is 0.353. The number of rotatable bonds is 6. The van der Waals surface area contributed by atoms with Gasteiger partial charge < -0.3 is 0 Å². The van der Waals surface area contributed by atoms with Gasteiger partial charge in [0.15, 0.2) is 0 Å². The van der Waals surface area contributed by atoms with Gasteiger partial charge in [0.1, 0.15) is 0 Å². The molecule has 0 amide bonds. The van der Waals surface area contributed by atoms with Gasteiger partial charge >= 0.3 is 0 Å². The van der Waals surface area contributed by atoms with Crippen LogP contribution in [0.4, 0.5) is 0 Å². The Morgan fingerprint density at radius 2 is 1.83 bits per heavy atom. The molecule has 128 valence electrons. The lowest BCUT2D eigenvalue weighted by Crippen LogP contribution is -2.46. The van der Waals surface area contributed by atoms with Crippen molar-refractivity contribution in [1.29, 1.82) is 0 Å². The molecule has 1 saturated carbocycles. The predicted octanol–water partition coefficient (Wildman–Crippen LogP) is 3.93. The monoisotopic (exact) mass is 384 g/mol. The first-order chi connectivity index (χ1) is 11.4. The third-order valence-corrected chi connectivity index (χ3v) is 6.16. The molecular formula is C17H18Cl2N2O2S. The number of nitrogens with one attached hydrogen (secondary N) is 1. The van der Waals surface area contributed by atoms with E-state index in [1.54, 1.807) is 24.4 Å². The quantitative estimate of drug-likeness (QED) is 0.820. The molecule has 2 aromatic rings. The molecule has 24 heavy (non-hydrogen) atoms. The average Bonchev–Trinajstić information content (AvgIpc) is 2.45. The highest BCUT2D eigenvalue weighted by atomic mass is 35.5. The molecule has 0 atom stereocenters. The van der Waals surface area contributed by atoms with E-state index in [2.05, 4.69) is 9.71 Å². The van der Waals surface area contributed by atoms with E-state index in [-0.39, 0.29) is 11.2 Å². The summed E-state index contributed by atoms with van der Waals surface area (Å²) in [6.07, 6.45) is 4.71. The fourth-order valence-corrected chi connectivity index (χ4v) is 4.79. The maximum atomic E-state index is 12.4. The lowest BCUT2D eigenvalue weighted by molar-refractivity contribution is 0.238. The first kappa shape index (κ1) is 17.7. The number of halogens is 2. The van der Waals surface area contributed by atoms with Gasteiger partial charge in [-0.1, -0.05) is 35.7 Å². The molecule has 1 fully saturated rings. The molecule has 0 saturated heterocycles. The first-order valence-corrected chi connectivity index (χ1v) is 10.1. The van der Waals surface area contributed by atoms with Crippen molar-refractivity contribution in [3.05, 3.63) is 63.9 Å². The summed E-state index contributed by atoms with van der Waals surface area (Å²) >= 11 is 11.9. The zero-order valence-electron chi connectivity index (χ0n) is 13.0. The van der Waals surface area contributed by atoms with Crippen molar-refractivity contribution in [2.45, 2.75) is 30.4 Å². The summed E-state index contributed by atoms with van der Waals surface area (Å²) in [6, 6.07) is 10.6. The van der Waals surface area contributed by atoms with Crippen LogP contribution in [-0.2, 0) is 21.2 Å². The smallest absolute Gasteiger partial charge is 0.215 e. The van der Waals surface area contributed by atoms with Gasteiger partial charge in [-0.15, -0.1) is 0 Å². The van der Waals surface area contributed by atoms with E-state index in [4.69, 9.17) is 23.2 Å². The SMILES string of the molecule is O=S(=O)(Cc1cc(Cl)cc(Cl)c1)NCC1(c2ccccn2)CCC1. The van der Waals surface area contributed by atoms with Crippen molar-refractivity contribution in [2.24, 2.45) is 0 Å². The molecule has 1 aromatic heterocycles. The maximum absolute atomic E-state index is 12.4. The molecule has 1 aromatic carbocycles. The van der Waals surface area contributed by atoms with E-state index in [9.17, 15) is 8.42 Å². The third kappa shape index (κ3) is 4.09. The minimum atomic E-state index is -3.48. The summed E-state index contributed by atoms with van der Waals surface area (Å²) < 4.78 is 27.6. The Kier molecular flexibility index (Phi) is 5.16. The van der Waals surface area contributed by atoms with Gasteiger partial charge in [0.2, 0.25) is 10.0 Å². The molecule has 0 unspecified atom stereocenters. The molecule has 0 radical (unpaired) electrons. The second kappa shape index (κ2) is 7.00. The van der Waals surface area contributed by atoms with E-state index in [1.807, 2.05) is 18.2 Å². The molecular weight excluding hydrogens is 367 g/mol. The molecule has 0 bridgehead atoms. The largest absolute Gasteiger partial charge is 0.261 e. The van der Waals surface area contributed by atoms with Crippen molar-refractivity contribution in [3.63, 3.8) is 0 Å². The van der Waals surface area contributed by atoms with Gasteiger partial charge in [-0.2, -0.15) is 0 Å². The van der Waals surface area contributed by atoms with Crippen LogP contribution in [0.2, 0.25) is 10.0 Å². The highest BCUT2D eigenvalue weighted by Crippen LogP contribution is 2.42. The molecule has 7 heteroatoms. The van der Waals surface area contributed by atoms with Gasteiger partial charge in [-0.05, 0) is 48.7 Å². The highest BCUT2D eigenvalue weighted by molar-refractivity contribution is 7.88. The maximum Gasteiger partial charge on any atom is 0.215 e. The Morgan fingerprint density at radius 3 is 2.38 bits per heavy atom. The van der Waals surface area contributed by atoms with Gasteiger partial charge in [0.25, 0.3) is 0 Å². The minimum absolute atomic E-state index is 0.147. The number of nitrogens with zero attached hydrogens (tertiary/aromatic N) is 1. The number of sulfonamides is 1. The van der Waals surface area contributed by atoms with E-state index in [0.717, 1.165) is 25.0 Å². The molecule has 0 spiro atoms. The van der Waals surface area contributed by atoms with E-state index in [1.165, 1.54) is 0 Å². The van der Waals surface area contributed by atoms with E-state index in [0.29, 0.717) is 22.2 Å². The summed E-state index contributed by atoms with van der Waals surface area (Å²) in [4.78, 5) is 4.41. The number of benzene rings is 1. The fourth-order valence-electron chi connectivity index (χ4n) is 3.02. The van der Waals surface area contributed by atoms with E-state index >= 15 is 0 Å². The summed E-state index contributed by atoms with van der Waals surface area (Å²) in [7, 11) is -3.48. The highest BCUT2D eigenvalue weighted by Gasteiger charge is 2.40. The van der Waals surface area contributed by atoms with Crippen molar-refractivity contribution in [1.82, 2.24) is 9.71 Å². The molecule has 0 aliphatic heterocycles. The normalized spacial score (nSPS) is 16.6. The van der Waals surface area contributed by atoms with E-state index < -0.39 is 10.0 Å². The van der Waals surface area contributed by atoms with Gasteiger partial charge in [-0.3, -0.25) is 4.98 Å². The second-order valence-corrected chi connectivity index (χ2v) is 8.89.